The largest absolute Gasteiger partial charge is 0.308 e. The summed E-state index contributed by atoms with van der Waals surface area (Å²) in [5.74, 6) is 1.25. The molecule has 0 aliphatic carbocycles. The number of hydrogen-bond acceptors (Lipinski definition) is 7. The first-order chi connectivity index (χ1) is 32.0. The summed E-state index contributed by atoms with van der Waals surface area (Å²) in [5, 5.41) is 43.4. The third-order valence-electron chi connectivity index (χ3n) is 11.4. The molecule has 298 valence electrons. The average Bonchev–Trinajstić information content (AvgIpc) is 3.71. The lowest BCUT2D eigenvalue weighted by Gasteiger charge is -2.22. The normalized spacial score (nSPS) is 10.7. The standard InChI is InChI=1S/C56H29N9/c1-61-43-22-24-46(42(27-43)34-60)50-30-40(56-63-54(36-12-4-2-5-13-36)62-55(64-56)37-14-6-3-7-15-37)29-49(45-23-20-35(31-57)26-41(45)33-59)53(50)65-51-19-11-10-18-47(51)48-28-38(21-25-52(48)65)44-17-9-8-16-39(44)32-58/h2-30H. The van der Waals surface area contributed by atoms with Gasteiger partial charge in [0.2, 0.25) is 0 Å². The van der Waals surface area contributed by atoms with Crippen LogP contribution in [0.3, 0.4) is 0 Å². The maximum absolute atomic E-state index is 10.8. The molecule has 10 aromatic rings. The Bertz CT molecular complexity index is 3620. The number of rotatable bonds is 7. The van der Waals surface area contributed by atoms with E-state index in [4.69, 9.17) is 21.5 Å². The number of benzene rings is 8. The fourth-order valence-corrected chi connectivity index (χ4v) is 8.44. The van der Waals surface area contributed by atoms with Gasteiger partial charge in [0.25, 0.3) is 0 Å². The van der Waals surface area contributed by atoms with Crippen molar-refractivity contribution < 1.29 is 0 Å². The van der Waals surface area contributed by atoms with Crippen molar-refractivity contribution in [2.75, 3.05) is 0 Å². The van der Waals surface area contributed by atoms with Gasteiger partial charge >= 0.3 is 0 Å². The van der Waals surface area contributed by atoms with Crippen LogP contribution < -0.4 is 0 Å². The Hall–Kier alpha value is -9.98. The Morgan fingerprint density at radius 2 is 0.954 bits per heavy atom. The van der Waals surface area contributed by atoms with Crippen molar-refractivity contribution in [1.82, 2.24) is 19.5 Å². The molecule has 2 heterocycles. The lowest BCUT2D eigenvalue weighted by Crippen LogP contribution is -2.05. The second-order valence-corrected chi connectivity index (χ2v) is 15.1. The van der Waals surface area contributed by atoms with Crippen molar-refractivity contribution in [2.45, 2.75) is 0 Å². The maximum Gasteiger partial charge on any atom is 0.188 e. The molecule has 0 radical (unpaired) electrons. The molecule has 9 nitrogen and oxygen atoms in total. The fraction of sp³-hybridized carbons (Fsp3) is 0. The van der Waals surface area contributed by atoms with E-state index in [1.165, 1.54) is 0 Å². The molecule has 2 aromatic heterocycles. The number of nitrogens with zero attached hydrogens (tertiary/aromatic N) is 9. The third kappa shape index (κ3) is 6.95. The third-order valence-corrected chi connectivity index (χ3v) is 11.4. The van der Waals surface area contributed by atoms with Crippen LogP contribution in [0.15, 0.2) is 176 Å². The minimum absolute atomic E-state index is 0.263. The van der Waals surface area contributed by atoms with E-state index in [0.29, 0.717) is 67.8 Å². The van der Waals surface area contributed by atoms with E-state index in [9.17, 15) is 21.0 Å². The molecule has 10 rings (SSSR count). The molecule has 8 aromatic carbocycles. The minimum Gasteiger partial charge on any atom is -0.308 e. The number of aromatic nitrogens is 4. The Morgan fingerprint density at radius 3 is 1.58 bits per heavy atom. The molecule has 0 amide bonds. The Labute approximate surface area is 373 Å². The van der Waals surface area contributed by atoms with Crippen molar-refractivity contribution in [1.29, 1.82) is 21.0 Å². The van der Waals surface area contributed by atoms with Crippen LogP contribution in [-0.4, -0.2) is 19.5 Å². The molecule has 0 spiro atoms. The van der Waals surface area contributed by atoms with E-state index < -0.39 is 0 Å². The summed E-state index contributed by atoms with van der Waals surface area (Å²) >= 11 is 0. The van der Waals surface area contributed by atoms with Crippen LogP contribution in [0.2, 0.25) is 0 Å². The molecule has 0 saturated carbocycles. The van der Waals surface area contributed by atoms with Gasteiger partial charge in [-0.15, -0.1) is 0 Å². The molecule has 0 N–H and O–H groups in total. The monoisotopic (exact) mass is 827 g/mol. The van der Waals surface area contributed by atoms with Crippen LogP contribution in [-0.2, 0) is 0 Å². The minimum atomic E-state index is 0.263. The molecular weight excluding hydrogens is 799 g/mol. The smallest absolute Gasteiger partial charge is 0.188 e. The van der Waals surface area contributed by atoms with Crippen LogP contribution in [0.1, 0.15) is 22.3 Å². The Balaban J connectivity index is 1.37. The molecule has 65 heavy (non-hydrogen) atoms. The highest BCUT2D eigenvalue weighted by Crippen LogP contribution is 2.46. The summed E-state index contributed by atoms with van der Waals surface area (Å²) in [6, 6.07) is 64.2. The first-order valence-electron chi connectivity index (χ1n) is 20.4. The first-order valence-corrected chi connectivity index (χ1v) is 20.4. The first kappa shape index (κ1) is 39.2. The van der Waals surface area contributed by atoms with Crippen molar-refractivity contribution in [3.8, 4) is 97.5 Å². The van der Waals surface area contributed by atoms with Gasteiger partial charge in [0.15, 0.2) is 23.2 Å². The molecular formula is C56H29N9. The van der Waals surface area contributed by atoms with Crippen LogP contribution in [0.25, 0.3) is 99.9 Å². The van der Waals surface area contributed by atoms with E-state index >= 15 is 0 Å². The zero-order chi connectivity index (χ0) is 44.4. The number of fused-ring (bicyclic) bond motifs is 3. The summed E-state index contributed by atoms with van der Waals surface area (Å²) in [6.45, 7) is 7.80. The van der Waals surface area contributed by atoms with E-state index in [1.807, 2.05) is 121 Å². The second kappa shape index (κ2) is 16.5. The Kier molecular flexibility index (Phi) is 9.93. The maximum atomic E-state index is 10.8. The van der Waals surface area contributed by atoms with Crippen molar-refractivity contribution >= 4 is 27.5 Å². The van der Waals surface area contributed by atoms with Gasteiger partial charge < -0.3 is 4.57 Å². The zero-order valence-electron chi connectivity index (χ0n) is 34.3. The van der Waals surface area contributed by atoms with E-state index in [1.54, 1.807) is 42.5 Å². The summed E-state index contributed by atoms with van der Waals surface area (Å²) in [6.07, 6.45) is 0. The quantitative estimate of drug-likeness (QED) is 0.145. The number of nitriles is 4. The molecule has 0 fully saturated rings. The van der Waals surface area contributed by atoms with Gasteiger partial charge in [0.05, 0.1) is 64.3 Å². The van der Waals surface area contributed by atoms with E-state index in [-0.39, 0.29) is 11.1 Å². The van der Waals surface area contributed by atoms with Crippen LogP contribution >= 0.6 is 0 Å². The van der Waals surface area contributed by atoms with Gasteiger partial charge in [0, 0.05) is 49.7 Å². The molecule has 0 bridgehead atoms. The van der Waals surface area contributed by atoms with Crippen LogP contribution in [0.4, 0.5) is 5.69 Å². The topological polar surface area (TPSA) is 143 Å². The average molecular weight is 828 g/mol. The van der Waals surface area contributed by atoms with Gasteiger partial charge in [-0.05, 0) is 71.3 Å². The number of para-hydroxylation sites is 1. The molecule has 0 aliphatic rings. The molecule has 9 heteroatoms. The summed E-state index contributed by atoms with van der Waals surface area (Å²) in [7, 11) is 0. The molecule has 0 unspecified atom stereocenters. The molecule has 0 saturated heterocycles. The lowest BCUT2D eigenvalue weighted by atomic mass is 9.88. The molecule has 0 aliphatic heterocycles. The fourth-order valence-electron chi connectivity index (χ4n) is 8.44. The number of hydrogen-bond donors (Lipinski definition) is 0. The van der Waals surface area contributed by atoms with Crippen molar-refractivity contribution in [3.05, 3.63) is 210 Å². The predicted octanol–water partition coefficient (Wildman–Crippen LogP) is 13.0. The van der Waals surface area contributed by atoms with Crippen molar-refractivity contribution in [2.24, 2.45) is 0 Å². The summed E-state index contributed by atoms with van der Waals surface area (Å²) in [5.41, 5.74) is 10.1. The SMILES string of the molecule is [C-]#[N+]c1ccc(-c2cc(-c3nc(-c4ccccc4)nc(-c4ccccc4)n3)cc(-c3ccc(C#N)cc3C#N)c2-n2c3ccccc3c3cc(-c4ccccc4C#N)ccc32)c(C#N)c1. The van der Waals surface area contributed by atoms with Gasteiger partial charge in [-0.2, -0.15) is 21.0 Å². The van der Waals surface area contributed by atoms with E-state index in [2.05, 4.69) is 45.8 Å². The van der Waals surface area contributed by atoms with Gasteiger partial charge in [0.1, 0.15) is 0 Å². The second-order valence-electron chi connectivity index (χ2n) is 15.1. The Morgan fingerprint density at radius 1 is 0.400 bits per heavy atom. The highest BCUT2D eigenvalue weighted by Gasteiger charge is 2.26. The van der Waals surface area contributed by atoms with Gasteiger partial charge in [-0.3, -0.25) is 0 Å². The zero-order valence-corrected chi connectivity index (χ0v) is 34.3. The predicted molar refractivity (Wildman–Crippen MR) is 252 cm³/mol. The lowest BCUT2D eigenvalue weighted by molar-refractivity contribution is 1.07. The summed E-state index contributed by atoms with van der Waals surface area (Å²) in [4.78, 5) is 18.8. The van der Waals surface area contributed by atoms with E-state index in [0.717, 1.165) is 44.1 Å². The van der Waals surface area contributed by atoms with Crippen molar-refractivity contribution in [3.63, 3.8) is 0 Å². The molecule has 0 atom stereocenters. The summed E-state index contributed by atoms with van der Waals surface area (Å²) < 4.78 is 2.14. The van der Waals surface area contributed by atoms with Gasteiger partial charge in [-0.25, -0.2) is 19.8 Å². The highest BCUT2D eigenvalue weighted by molar-refractivity contribution is 6.12. The van der Waals surface area contributed by atoms with Crippen LogP contribution in [0, 0.1) is 51.9 Å². The van der Waals surface area contributed by atoms with Crippen LogP contribution in [0.5, 0.6) is 0 Å². The highest BCUT2D eigenvalue weighted by atomic mass is 15.0. The van der Waals surface area contributed by atoms with Gasteiger partial charge in [-0.1, -0.05) is 121 Å².